The summed E-state index contributed by atoms with van der Waals surface area (Å²) in [6.07, 6.45) is 1.81. The first-order chi connectivity index (χ1) is 9.02. The van der Waals surface area contributed by atoms with Crippen molar-refractivity contribution in [1.82, 2.24) is 0 Å². The number of allylic oxidation sites excluding steroid dienone is 2. The highest BCUT2D eigenvalue weighted by Crippen LogP contribution is 2.31. The third-order valence-corrected chi connectivity index (χ3v) is 3.33. The molecule has 0 N–H and O–H groups in total. The monoisotopic (exact) mass is 260 g/mol. The maximum Gasteiger partial charge on any atom is 0.119 e. The van der Waals surface area contributed by atoms with Crippen LogP contribution in [0.4, 0.5) is 0 Å². The Morgan fingerprint density at radius 2 is 1.84 bits per heavy atom. The summed E-state index contributed by atoms with van der Waals surface area (Å²) in [6.45, 7) is 16.0. The normalized spacial score (nSPS) is 11.1. The molecule has 2 nitrogen and oxygen atoms in total. The smallest absolute Gasteiger partial charge is 0.119 e. The van der Waals surface area contributed by atoms with Gasteiger partial charge in [0.25, 0.3) is 0 Å². The molecule has 104 valence electrons. The lowest BCUT2D eigenvalue weighted by molar-refractivity contribution is 0.110. The Balaban J connectivity index is 2.65. The lowest BCUT2D eigenvalue weighted by atomic mass is 9.78. The average molecular weight is 260 g/mol. The van der Waals surface area contributed by atoms with Crippen molar-refractivity contribution in [2.75, 3.05) is 19.8 Å². The third-order valence-electron chi connectivity index (χ3n) is 3.33. The predicted octanol–water partition coefficient (Wildman–Crippen LogP) is 4.12. The average Bonchev–Trinajstić information content (AvgIpc) is 2.43. The van der Waals surface area contributed by atoms with E-state index in [1.807, 2.05) is 25.1 Å². The maximum absolute atomic E-state index is 5.59. The van der Waals surface area contributed by atoms with Gasteiger partial charge in [-0.05, 0) is 30.2 Å². The highest BCUT2D eigenvalue weighted by Gasteiger charge is 2.22. The Kier molecular flexibility index (Phi) is 5.84. The molecule has 0 amide bonds. The van der Waals surface area contributed by atoms with Crippen LogP contribution in [0.25, 0.3) is 0 Å². The Labute approximate surface area is 116 Å². The molecule has 0 heterocycles. The van der Waals surface area contributed by atoms with Gasteiger partial charge < -0.3 is 9.47 Å². The number of hydrogen-bond donors (Lipinski definition) is 0. The van der Waals surface area contributed by atoms with Crippen LogP contribution in [0.3, 0.4) is 0 Å². The van der Waals surface area contributed by atoms with Gasteiger partial charge in [-0.3, -0.25) is 0 Å². The van der Waals surface area contributed by atoms with Gasteiger partial charge >= 0.3 is 0 Å². The molecule has 1 rings (SSSR count). The van der Waals surface area contributed by atoms with Gasteiger partial charge in [0.1, 0.15) is 12.4 Å². The van der Waals surface area contributed by atoms with Crippen LogP contribution in [0, 0.1) is 0 Å². The molecule has 19 heavy (non-hydrogen) atoms. The van der Waals surface area contributed by atoms with Crippen molar-refractivity contribution in [3.8, 4) is 5.75 Å². The van der Waals surface area contributed by atoms with E-state index in [4.69, 9.17) is 9.47 Å². The molecule has 0 aliphatic rings. The Morgan fingerprint density at radius 1 is 1.21 bits per heavy atom. The lowest BCUT2D eigenvalue weighted by Gasteiger charge is -2.26. The molecule has 0 aliphatic heterocycles. The van der Waals surface area contributed by atoms with Crippen LogP contribution in [0.2, 0.25) is 0 Å². The highest BCUT2D eigenvalue weighted by atomic mass is 16.5. The van der Waals surface area contributed by atoms with Crippen molar-refractivity contribution < 1.29 is 9.47 Å². The minimum absolute atomic E-state index is 0.106. The molecule has 1 aromatic carbocycles. The van der Waals surface area contributed by atoms with E-state index in [1.54, 1.807) is 0 Å². The number of ether oxygens (including phenoxy) is 2. The fraction of sp³-hybridized carbons (Fsp3) is 0.412. The predicted molar refractivity (Wildman–Crippen MR) is 80.8 cm³/mol. The van der Waals surface area contributed by atoms with Crippen LogP contribution < -0.4 is 4.74 Å². The molecule has 1 aromatic rings. The highest BCUT2D eigenvalue weighted by molar-refractivity contribution is 5.40. The quantitative estimate of drug-likeness (QED) is 0.517. The van der Waals surface area contributed by atoms with Crippen molar-refractivity contribution in [1.29, 1.82) is 0 Å². The zero-order chi connectivity index (χ0) is 14.3. The Bertz CT molecular complexity index is 415. The molecule has 0 radical (unpaired) electrons. The summed E-state index contributed by atoms with van der Waals surface area (Å²) in [7, 11) is 0. The zero-order valence-electron chi connectivity index (χ0n) is 12.2. The second-order valence-electron chi connectivity index (χ2n) is 4.92. The molecule has 0 aliphatic carbocycles. The van der Waals surface area contributed by atoms with Crippen LogP contribution in [0.1, 0.15) is 26.3 Å². The van der Waals surface area contributed by atoms with Crippen LogP contribution >= 0.6 is 0 Å². The van der Waals surface area contributed by atoms with Crippen molar-refractivity contribution in [3.63, 3.8) is 0 Å². The molecule has 0 saturated heterocycles. The van der Waals surface area contributed by atoms with Crippen molar-refractivity contribution >= 4 is 0 Å². The first-order valence-electron chi connectivity index (χ1n) is 6.65. The summed E-state index contributed by atoms with van der Waals surface area (Å²) >= 11 is 0. The molecule has 0 saturated carbocycles. The van der Waals surface area contributed by atoms with Gasteiger partial charge in [-0.15, -0.1) is 0 Å². The van der Waals surface area contributed by atoms with Crippen LogP contribution in [0.15, 0.2) is 49.1 Å². The molecule has 0 unspecified atom stereocenters. The summed E-state index contributed by atoms with van der Waals surface area (Å²) in [6, 6.07) is 8.12. The number of hydrogen-bond acceptors (Lipinski definition) is 2. The summed E-state index contributed by atoms with van der Waals surface area (Å²) in [5.74, 6) is 0.864. The maximum atomic E-state index is 5.59. The summed E-state index contributed by atoms with van der Waals surface area (Å²) in [5, 5.41) is 0. The molecule has 2 heteroatoms. The summed E-state index contributed by atoms with van der Waals surface area (Å²) < 4.78 is 10.8. The number of benzene rings is 1. The third kappa shape index (κ3) is 4.25. The minimum Gasteiger partial charge on any atom is -0.491 e. The molecule has 0 bridgehead atoms. The van der Waals surface area contributed by atoms with Crippen molar-refractivity contribution in [3.05, 3.63) is 54.6 Å². The molecular weight excluding hydrogens is 236 g/mol. The van der Waals surface area contributed by atoms with Crippen LogP contribution in [-0.4, -0.2) is 19.8 Å². The molecule has 0 atom stereocenters. The van der Waals surface area contributed by atoms with E-state index >= 15 is 0 Å². The summed E-state index contributed by atoms with van der Waals surface area (Å²) in [5.41, 5.74) is 2.11. The SMILES string of the molecule is C=CC(=C)C(C)(C)c1ccc(OCCOCC)cc1. The molecular formula is C17H24O2. The Morgan fingerprint density at radius 3 is 2.37 bits per heavy atom. The van der Waals surface area contributed by atoms with E-state index < -0.39 is 0 Å². The van der Waals surface area contributed by atoms with Gasteiger partial charge in [0.2, 0.25) is 0 Å². The first-order valence-corrected chi connectivity index (χ1v) is 6.65. The fourth-order valence-electron chi connectivity index (χ4n) is 1.77. The van der Waals surface area contributed by atoms with Gasteiger partial charge in [-0.25, -0.2) is 0 Å². The van der Waals surface area contributed by atoms with E-state index in [0.29, 0.717) is 13.2 Å². The van der Waals surface area contributed by atoms with E-state index in [1.165, 1.54) is 5.56 Å². The van der Waals surface area contributed by atoms with Crippen LogP contribution in [0.5, 0.6) is 5.75 Å². The van der Waals surface area contributed by atoms with Gasteiger partial charge in [-0.1, -0.05) is 45.2 Å². The van der Waals surface area contributed by atoms with Crippen molar-refractivity contribution in [2.24, 2.45) is 0 Å². The van der Waals surface area contributed by atoms with Gasteiger partial charge in [0.05, 0.1) is 6.61 Å². The van der Waals surface area contributed by atoms with Gasteiger partial charge in [-0.2, -0.15) is 0 Å². The number of rotatable bonds is 8. The molecule has 0 fully saturated rings. The second-order valence-corrected chi connectivity index (χ2v) is 4.92. The van der Waals surface area contributed by atoms with E-state index in [-0.39, 0.29) is 5.41 Å². The van der Waals surface area contributed by atoms with Crippen molar-refractivity contribution in [2.45, 2.75) is 26.2 Å². The van der Waals surface area contributed by atoms with Gasteiger partial charge in [0, 0.05) is 12.0 Å². The molecule has 0 spiro atoms. The topological polar surface area (TPSA) is 18.5 Å². The van der Waals surface area contributed by atoms with Crippen LogP contribution in [-0.2, 0) is 10.2 Å². The van der Waals surface area contributed by atoms with E-state index in [2.05, 4.69) is 39.1 Å². The second kappa shape index (κ2) is 7.15. The summed E-state index contributed by atoms with van der Waals surface area (Å²) in [4.78, 5) is 0. The van der Waals surface area contributed by atoms with Gasteiger partial charge in [0.15, 0.2) is 0 Å². The zero-order valence-corrected chi connectivity index (χ0v) is 12.2. The largest absolute Gasteiger partial charge is 0.491 e. The fourth-order valence-corrected chi connectivity index (χ4v) is 1.77. The van der Waals surface area contributed by atoms with E-state index in [0.717, 1.165) is 17.9 Å². The molecule has 0 aromatic heterocycles. The first kappa shape index (κ1) is 15.5. The Hall–Kier alpha value is -1.54. The standard InChI is InChI=1S/C17H24O2/c1-6-14(3)17(4,5)15-8-10-16(11-9-15)19-13-12-18-7-2/h6,8-11H,1,3,7,12-13H2,2,4-5H3. The van der Waals surface area contributed by atoms with E-state index in [9.17, 15) is 0 Å². The minimum atomic E-state index is -0.106. The lowest BCUT2D eigenvalue weighted by Crippen LogP contribution is -2.18.